The van der Waals surface area contributed by atoms with E-state index >= 15 is 0 Å². The molecule has 1 aromatic rings. The predicted octanol–water partition coefficient (Wildman–Crippen LogP) is 1.81. The summed E-state index contributed by atoms with van der Waals surface area (Å²) in [6, 6.07) is 2.70. The maximum Gasteiger partial charge on any atom is 0.222 e. The molecule has 0 aliphatic heterocycles. The summed E-state index contributed by atoms with van der Waals surface area (Å²) in [5.74, 6) is -1.67. The van der Waals surface area contributed by atoms with Crippen LogP contribution in [0.5, 0.6) is 0 Å². The van der Waals surface area contributed by atoms with Gasteiger partial charge < -0.3 is 0 Å². The van der Waals surface area contributed by atoms with E-state index in [1.807, 2.05) is 6.07 Å². The average molecular weight is 149 g/mol. The molecule has 0 saturated heterocycles. The van der Waals surface area contributed by atoms with Gasteiger partial charge in [-0.05, 0) is 6.07 Å². The minimum atomic E-state index is -0.901. The Morgan fingerprint density at radius 2 is 2.22 bits per heavy atom. The van der Waals surface area contributed by atoms with Crippen molar-refractivity contribution in [3.05, 3.63) is 29.1 Å². The second-order valence-corrected chi connectivity index (χ2v) is 1.69. The van der Waals surface area contributed by atoms with E-state index in [0.717, 1.165) is 6.07 Å². The van der Waals surface area contributed by atoms with E-state index in [2.05, 4.69) is 4.98 Å². The molecule has 1 rings (SSSR count). The first-order valence-electron chi connectivity index (χ1n) is 2.09. The Bertz CT molecular complexity index is 226. The van der Waals surface area contributed by atoms with Gasteiger partial charge in [-0.25, -0.2) is 9.37 Å². The molecule has 1 radical (unpaired) electrons. The Kier molecular flexibility index (Phi) is 1.62. The van der Waals surface area contributed by atoms with Crippen molar-refractivity contribution in [1.82, 2.24) is 4.98 Å². The number of pyridine rings is 1. The zero-order chi connectivity index (χ0) is 6.85. The molecule has 0 bridgehead atoms. The fourth-order valence-corrected chi connectivity index (χ4v) is 0.483. The summed E-state index contributed by atoms with van der Waals surface area (Å²) < 4.78 is 24.0. The minimum Gasteiger partial charge on any atom is -0.204 e. The highest BCUT2D eigenvalue weighted by atomic mass is 35.5. The van der Waals surface area contributed by atoms with Crippen molar-refractivity contribution < 1.29 is 8.78 Å². The summed E-state index contributed by atoms with van der Waals surface area (Å²) in [7, 11) is 0. The summed E-state index contributed by atoms with van der Waals surface area (Å²) in [6.07, 6.45) is 0. The first-order valence-corrected chi connectivity index (χ1v) is 2.47. The van der Waals surface area contributed by atoms with Crippen LogP contribution in [0.1, 0.15) is 0 Å². The van der Waals surface area contributed by atoms with Crippen molar-refractivity contribution in [2.75, 3.05) is 0 Å². The lowest BCUT2D eigenvalue weighted by Crippen LogP contribution is -1.85. The van der Waals surface area contributed by atoms with Crippen LogP contribution < -0.4 is 0 Å². The van der Waals surface area contributed by atoms with Crippen LogP contribution in [0, 0.1) is 17.8 Å². The second-order valence-electron chi connectivity index (χ2n) is 1.33. The smallest absolute Gasteiger partial charge is 0.204 e. The second kappa shape index (κ2) is 2.27. The molecule has 47 valence electrons. The van der Waals surface area contributed by atoms with Gasteiger partial charge in [0.2, 0.25) is 5.95 Å². The Morgan fingerprint density at radius 1 is 1.56 bits per heavy atom. The number of nitrogens with zero attached hydrogens (tertiary/aromatic N) is 1. The van der Waals surface area contributed by atoms with Crippen LogP contribution >= 0.6 is 11.6 Å². The van der Waals surface area contributed by atoms with Gasteiger partial charge in [0.05, 0.1) is 0 Å². The summed E-state index contributed by atoms with van der Waals surface area (Å²) in [4.78, 5) is 2.94. The van der Waals surface area contributed by atoms with Gasteiger partial charge >= 0.3 is 0 Å². The molecule has 0 unspecified atom stereocenters. The van der Waals surface area contributed by atoms with Crippen molar-refractivity contribution >= 4 is 11.6 Å². The maximum absolute atomic E-state index is 12.1. The molecule has 0 aromatic carbocycles. The van der Waals surface area contributed by atoms with Crippen molar-refractivity contribution in [1.29, 1.82) is 0 Å². The third-order valence-corrected chi connectivity index (χ3v) is 0.976. The van der Waals surface area contributed by atoms with Crippen molar-refractivity contribution in [2.24, 2.45) is 0 Å². The third kappa shape index (κ3) is 1.36. The van der Waals surface area contributed by atoms with E-state index in [4.69, 9.17) is 11.6 Å². The largest absolute Gasteiger partial charge is 0.222 e. The van der Waals surface area contributed by atoms with Crippen molar-refractivity contribution in [3.8, 4) is 0 Å². The fraction of sp³-hybridized carbons (Fsp3) is 0. The maximum atomic E-state index is 12.1. The van der Waals surface area contributed by atoms with Gasteiger partial charge in [0.1, 0.15) is 0 Å². The molecule has 0 N–H and O–H groups in total. The van der Waals surface area contributed by atoms with Gasteiger partial charge in [-0.2, -0.15) is 4.39 Å². The van der Waals surface area contributed by atoms with Crippen LogP contribution in [-0.4, -0.2) is 4.98 Å². The van der Waals surface area contributed by atoms with Gasteiger partial charge in [0.25, 0.3) is 0 Å². The van der Waals surface area contributed by atoms with Crippen LogP contribution in [0.4, 0.5) is 8.78 Å². The molecular weight excluding hydrogens is 148 g/mol. The van der Waals surface area contributed by atoms with E-state index in [9.17, 15) is 8.78 Å². The van der Waals surface area contributed by atoms with E-state index in [-0.39, 0.29) is 0 Å². The number of aromatic nitrogens is 1. The summed E-state index contributed by atoms with van der Waals surface area (Å²) in [6.45, 7) is 0. The van der Waals surface area contributed by atoms with E-state index < -0.39 is 16.9 Å². The fourth-order valence-electron chi connectivity index (χ4n) is 0.354. The Hall–Kier alpha value is -0.700. The molecule has 1 nitrogen and oxygen atoms in total. The molecule has 0 amide bonds. The molecule has 1 heterocycles. The molecule has 0 aliphatic carbocycles. The summed E-state index contributed by atoms with van der Waals surface area (Å²) in [5.41, 5.74) is 0. The highest BCUT2D eigenvalue weighted by molar-refractivity contribution is 6.29. The SMILES string of the molecule is Fc1[c]cc(F)c(Cl)n1. The van der Waals surface area contributed by atoms with Crippen LogP contribution in [-0.2, 0) is 0 Å². The number of halogens is 3. The summed E-state index contributed by atoms with van der Waals surface area (Å²) >= 11 is 5.07. The van der Waals surface area contributed by atoms with E-state index in [1.165, 1.54) is 0 Å². The van der Waals surface area contributed by atoms with Crippen LogP contribution in [0.2, 0.25) is 5.15 Å². The zero-order valence-corrected chi connectivity index (χ0v) is 4.91. The lowest BCUT2D eigenvalue weighted by Gasteiger charge is -1.88. The van der Waals surface area contributed by atoms with E-state index in [0.29, 0.717) is 0 Å². The molecule has 0 fully saturated rings. The average Bonchev–Trinajstić information content (AvgIpc) is 1.80. The van der Waals surface area contributed by atoms with Gasteiger partial charge in [-0.3, -0.25) is 0 Å². The Balaban J connectivity index is 3.17. The summed E-state index contributed by atoms with van der Waals surface area (Å²) in [5, 5.41) is -0.466. The minimum absolute atomic E-state index is 0.466. The molecule has 0 atom stereocenters. The van der Waals surface area contributed by atoms with Crippen LogP contribution in [0.25, 0.3) is 0 Å². The molecule has 0 spiro atoms. The third-order valence-electron chi connectivity index (χ3n) is 0.711. The first kappa shape index (κ1) is 6.42. The first-order chi connectivity index (χ1) is 4.20. The van der Waals surface area contributed by atoms with Crippen molar-refractivity contribution in [2.45, 2.75) is 0 Å². The molecule has 0 aliphatic rings. The quantitative estimate of drug-likeness (QED) is 0.512. The van der Waals surface area contributed by atoms with Crippen LogP contribution in [0.3, 0.4) is 0 Å². The molecule has 9 heavy (non-hydrogen) atoms. The lowest BCUT2D eigenvalue weighted by atomic mass is 10.5. The van der Waals surface area contributed by atoms with Gasteiger partial charge in [0.15, 0.2) is 11.0 Å². The van der Waals surface area contributed by atoms with Crippen molar-refractivity contribution in [3.63, 3.8) is 0 Å². The highest BCUT2D eigenvalue weighted by Gasteiger charge is 2.00. The molecule has 0 saturated carbocycles. The van der Waals surface area contributed by atoms with Crippen LogP contribution in [0.15, 0.2) is 6.07 Å². The molecule has 1 aromatic heterocycles. The molecular formula is C5HClF2N. The zero-order valence-electron chi connectivity index (χ0n) is 4.16. The highest BCUT2D eigenvalue weighted by Crippen LogP contribution is 2.09. The molecule has 4 heteroatoms. The lowest BCUT2D eigenvalue weighted by molar-refractivity contribution is 0.558. The van der Waals surface area contributed by atoms with Gasteiger partial charge in [-0.15, -0.1) is 0 Å². The standard InChI is InChI=1S/C5HClF2N/c6-5-3(7)1-2-4(8)9-5/h1H. The number of rotatable bonds is 0. The normalized spacial score (nSPS) is 9.67. The van der Waals surface area contributed by atoms with E-state index in [1.54, 1.807) is 0 Å². The topological polar surface area (TPSA) is 12.9 Å². The Labute approximate surface area is 55.3 Å². The van der Waals surface area contributed by atoms with Gasteiger partial charge in [0, 0.05) is 6.07 Å². The number of hydrogen-bond acceptors (Lipinski definition) is 1. The van der Waals surface area contributed by atoms with Gasteiger partial charge in [-0.1, -0.05) is 11.6 Å². The Morgan fingerprint density at radius 3 is 2.67 bits per heavy atom. The monoisotopic (exact) mass is 148 g/mol. The predicted molar refractivity (Wildman–Crippen MR) is 28.0 cm³/mol. The number of hydrogen-bond donors (Lipinski definition) is 0.